The number of likely N-dealkylation sites (N-methyl/N-ethyl adjacent to an activating group) is 1. The Morgan fingerprint density at radius 3 is 2.38 bits per heavy atom. The van der Waals surface area contributed by atoms with E-state index in [1.54, 1.807) is 0 Å². The van der Waals surface area contributed by atoms with Crippen LogP contribution in [-0.2, 0) is 9.31 Å². The smallest absolute Gasteiger partial charge is 0.399 e. The van der Waals surface area contributed by atoms with Gasteiger partial charge in [-0.2, -0.15) is 0 Å². The first-order valence-corrected chi connectivity index (χ1v) is 11.2. The maximum atomic E-state index is 6.34. The van der Waals surface area contributed by atoms with Crippen molar-refractivity contribution in [1.29, 1.82) is 0 Å². The summed E-state index contributed by atoms with van der Waals surface area (Å²) in [4.78, 5) is 7.22. The van der Waals surface area contributed by atoms with Crippen molar-refractivity contribution in [3.63, 3.8) is 0 Å². The van der Waals surface area contributed by atoms with E-state index in [4.69, 9.17) is 14.3 Å². The number of amidine groups is 1. The third kappa shape index (κ3) is 3.56. The van der Waals surface area contributed by atoms with Gasteiger partial charge in [0.05, 0.1) is 16.9 Å². The molecule has 1 unspecified atom stereocenters. The molecule has 2 aromatic carbocycles. The molecule has 5 heteroatoms. The molecule has 0 amide bonds. The number of rotatable bonds is 2. The van der Waals surface area contributed by atoms with E-state index in [-0.39, 0.29) is 17.1 Å². The van der Waals surface area contributed by atoms with Crippen LogP contribution in [0.25, 0.3) is 0 Å². The third-order valence-corrected chi connectivity index (χ3v) is 6.94. The highest BCUT2D eigenvalue weighted by Crippen LogP contribution is 2.38. The minimum absolute atomic E-state index is 0.142. The van der Waals surface area contributed by atoms with Gasteiger partial charge in [-0.15, -0.1) is 0 Å². The molecular formula is C27H29BN2O2. The van der Waals surface area contributed by atoms with E-state index in [0.717, 1.165) is 28.2 Å². The Morgan fingerprint density at radius 1 is 0.938 bits per heavy atom. The maximum absolute atomic E-state index is 6.34. The molecule has 2 heterocycles. The number of allylic oxidation sites excluding steroid dienone is 5. The summed E-state index contributed by atoms with van der Waals surface area (Å²) in [6.07, 6.45) is 10.9. The molecule has 1 saturated heterocycles. The van der Waals surface area contributed by atoms with Crippen LogP contribution in [0.4, 0.5) is 5.69 Å². The molecule has 32 heavy (non-hydrogen) atoms. The van der Waals surface area contributed by atoms with Gasteiger partial charge in [0.15, 0.2) is 0 Å². The summed E-state index contributed by atoms with van der Waals surface area (Å²) in [7, 11) is 1.69. The molecule has 0 N–H and O–H groups in total. The number of hydrogen-bond donors (Lipinski definition) is 0. The average molecular weight is 424 g/mol. The predicted molar refractivity (Wildman–Crippen MR) is 132 cm³/mol. The number of para-hydroxylation sites is 1. The van der Waals surface area contributed by atoms with E-state index in [0.29, 0.717) is 0 Å². The monoisotopic (exact) mass is 424 g/mol. The van der Waals surface area contributed by atoms with Gasteiger partial charge in [0.25, 0.3) is 0 Å². The molecule has 1 aliphatic carbocycles. The molecular weight excluding hydrogens is 395 g/mol. The summed E-state index contributed by atoms with van der Waals surface area (Å²) in [5.74, 6) is 1.07. The van der Waals surface area contributed by atoms with Gasteiger partial charge in [-0.25, -0.2) is 4.99 Å². The van der Waals surface area contributed by atoms with Gasteiger partial charge < -0.3 is 14.2 Å². The van der Waals surface area contributed by atoms with E-state index >= 15 is 0 Å². The average Bonchev–Trinajstić information content (AvgIpc) is 2.94. The van der Waals surface area contributed by atoms with Crippen LogP contribution in [0.1, 0.15) is 44.7 Å². The number of benzene rings is 2. The predicted octanol–water partition coefficient (Wildman–Crippen LogP) is 5.10. The SMILES string of the molecule is CN1C2=CC(C=CC=C2)c2cc(B3OC(C)(C)C(C)(C)O3)ccc2/C1=N/c1ccccc1. The van der Waals surface area contributed by atoms with Gasteiger partial charge in [0.2, 0.25) is 0 Å². The first-order valence-electron chi connectivity index (χ1n) is 11.2. The van der Waals surface area contributed by atoms with Gasteiger partial charge in [0.1, 0.15) is 5.84 Å². The molecule has 5 rings (SSSR count). The first-order chi connectivity index (χ1) is 15.2. The summed E-state index contributed by atoms with van der Waals surface area (Å²) in [5.41, 5.74) is 4.68. The van der Waals surface area contributed by atoms with Gasteiger partial charge in [-0.1, -0.05) is 54.6 Å². The summed E-state index contributed by atoms with van der Waals surface area (Å²) < 4.78 is 12.7. The lowest BCUT2D eigenvalue weighted by Gasteiger charge is -2.32. The Morgan fingerprint density at radius 2 is 1.66 bits per heavy atom. The fourth-order valence-electron chi connectivity index (χ4n) is 4.30. The van der Waals surface area contributed by atoms with E-state index in [1.165, 1.54) is 5.56 Å². The quantitative estimate of drug-likeness (QED) is 0.629. The lowest BCUT2D eigenvalue weighted by atomic mass is 9.76. The van der Waals surface area contributed by atoms with Crippen LogP contribution < -0.4 is 5.46 Å². The molecule has 0 radical (unpaired) electrons. The molecule has 4 nitrogen and oxygen atoms in total. The Balaban J connectivity index is 1.64. The van der Waals surface area contributed by atoms with Crippen molar-refractivity contribution in [3.05, 3.63) is 95.7 Å². The molecule has 0 aromatic heterocycles. The molecule has 1 atom stereocenters. The molecule has 3 aliphatic rings. The fraction of sp³-hybridized carbons (Fsp3) is 0.296. The fourth-order valence-corrected chi connectivity index (χ4v) is 4.30. The normalized spacial score (nSPS) is 24.2. The van der Waals surface area contributed by atoms with Crippen LogP contribution in [-0.4, -0.2) is 36.1 Å². The van der Waals surface area contributed by atoms with Gasteiger partial charge in [-0.3, -0.25) is 0 Å². The lowest BCUT2D eigenvalue weighted by molar-refractivity contribution is 0.00578. The minimum atomic E-state index is -0.392. The Kier molecular flexibility index (Phi) is 4.99. The molecule has 1 fully saturated rings. The van der Waals surface area contributed by atoms with Crippen molar-refractivity contribution in [2.45, 2.75) is 44.8 Å². The largest absolute Gasteiger partial charge is 0.494 e. The van der Waals surface area contributed by atoms with Gasteiger partial charge >= 0.3 is 7.12 Å². The number of fused-ring (bicyclic) bond motifs is 3. The summed E-state index contributed by atoms with van der Waals surface area (Å²) >= 11 is 0. The second-order valence-electron chi connectivity index (χ2n) is 9.63. The third-order valence-electron chi connectivity index (χ3n) is 6.94. The van der Waals surface area contributed by atoms with E-state index in [1.807, 2.05) is 30.3 Å². The zero-order chi connectivity index (χ0) is 22.5. The van der Waals surface area contributed by atoms with Crippen LogP contribution >= 0.6 is 0 Å². The van der Waals surface area contributed by atoms with Crippen molar-refractivity contribution in [2.75, 3.05) is 7.05 Å². The molecule has 162 valence electrons. The Labute approximate surface area is 191 Å². The van der Waals surface area contributed by atoms with Crippen LogP contribution in [0.5, 0.6) is 0 Å². The van der Waals surface area contributed by atoms with Crippen molar-refractivity contribution in [1.82, 2.24) is 4.90 Å². The Bertz CT molecular complexity index is 1150. The second-order valence-corrected chi connectivity index (χ2v) is 9.63. The van der Waals surface area contributed by atoms with E-state index < -0.39 is 7.12 Å². The van der Waals surface area contributed by atoms with Crippen molar-refractivity contribution < 1.29 is 9.31 Å². The van der Waals surface area contributed by atoms with Gasteiger partial charge in [-0.05, 0) is 63.0 Å². The zero-order valence-electron chi connectivity index (χ0n) is 19.4. The highest BCUT2D eigenvalue weighted by molar-refractivity contribution is 6.62. The van der Waals surface area contributed by atoms with E-state index in [2.05, 4.69) is 88.2 Å². The number of nitrogens with zero attached hydrogens (tertiary/aromatic N) is 2. The summed E-state index contributed by atoms with van der Waals surface area (Å²) in [6, 6.07) is 16.6. The maximum Gasteiger partial charge on any atom is 0.494 e. The zero-order valence-corrected chi connectivity index (χ0v) is 19.4. The lowest BCUT2D eigenvalue weighted by Crippen LogP contribution is -2.41. The highest BCUT2D eigenvalue weighted by atomic mass is 16.7. The first kappa shape index (κ1) is 21.0. The van der Waals surface area contributed by atoms with Crippen LogP contribution in [0, 0.1) is 0 Å². The van der Waals surface area contributed by atoms with E-state index in [9.17, 15) is 0 Å². The number of aliphatic imine (C=N–C) groups is 1. The van der Waals surface area contributed by atoms with Crippen molar-refractivity contribution in [2.24, 2.45) is 4.99 Å². The summed E-state index contributed by atoms with van der Waals surface area (Å²) in [5, 5.41) is 0. The molecule has 0 spiro atoms. The topological polar surface area (TPSA) is 34.1 Å². The second kappa shape index (κ2) is 7.61. The van der Waals surface area contributed by atoms with Crippen LogP contribution in [0.15, 0.2) is 89.6 Å². The van der Waals surface area contributed by atoms with Crippen molar-refractivity contribution >= 4 is 24.1 Å². The van der Waals surface area contributed by atoms with Crippen LogP contribution in [0.3, 0.4) is 0 Å². The molecule has 2 aromatic rings. The van der Waals surface area contributed by atoms with Crippen LogP contribution in [0.2, 0.25) is 0 Å². The Hall–Kier alpha value is -2.89. The molecule has 2 bridgehead atoms. The standard InChI is InChI=1S/C27H29BN2O2/c1-26(2)27(3,4)32-28(31-26)20-15-16-23-24(18-20)19-11-9-10-14-22(17-19)30(5)25(23)29-21-12-7-6-8-13-21/h6-19H,1-5H3/b29-25-. The number of hydrogen-bond acceptors (Lipinski definition) is 3. The minimum Gasteiger partial charge on any atom is -0.399 e. The van der Waals surface area contributed by atoms with Crippen molar-refractivity contribution in [3.8, 4) is 0 Å². The molecule has 2 aliphatic heterocycles. The highest BCUT2D eigenvalue weighted by Gasteiger charge is 2.51. The summed E-state index contributed by atoms with van der Waals surface area (Å²) in [6.45, 7) is 8.35. The van der Waals surface area contributed by atoms with Gasteiger partial charge in [0, 0.05) is 24.2 Å². The molecule has 0 saturated carbocycles.